The molecule has 2 heterocycles. The van der Waals surface area contributed by atoms with Crippen LogP contribution < -0.4 is 19.5 Å². The van der Waals surface area contributed by atoms with Gasteiger partial charge in [0.1, 0.15) is 17.9 Å². The van der Waals surface area contributed by atoms with E-state index in [0.717, 1.165) is 5.69 Å². The maximum absolute atomic E-state index is 5.98. The molecule has 26 heavy (non-hydrogen) atoms. The van der Waals surface area contributed by atoms with Crippen LogP contribution in [-0.4, -0.2) is 44.4 Å². The number of hydrogen-bond donors (Lipinski definition) is 1. The predicted octanol–water partition coefficient (Wildman–Crippen LogP) is 3.50. The molecular formula is C19H21N3O4. The molecule has 0 radical (unpaired) electrons. The van der Waals surface area contributed by atoms with E-state index in [-0.39, 0.29) is 0 Å². The number of benzene rings is 1. The van der Waals surface area contributed by atoms with Crippen molar-refractivity contribution in [3.8, 4) is 23.1 Å². The molecule has 0 aliphatic carbocycles. The van der Waals surface area contributed by atoms with Gasteiger partial charge in [0.25, 0.3) is 5.88 Å². The molecule has 0 unspecified atom stereocenters. The molecule has 0 aliphatic rings. The molecule has 0 aliphatic heterocycles. The number of nitrogens with one attached hydrogen (secondary N) is 1. The summed E-state index contributed by atoms with van der Waals surface area (Å²) < 4.78 is 22.0. The van der Waals surface area contributed by atoms with Crippen molar-refractivity contribution in [1.29, 1.82) is 0 Å². The highest BCUT2D eigenvalue weighted by Crippen LogP contribution is 2.34. The molecule has 7 nitrogen and oxygen atoms in total. The first-order valence-electron chi connectivity index (χ1n) is 8.16. The molecule has 1 aromatic carbocycles. The van der Waals surface area contributed by atoms with Crippen molar-refractivity contribution in [3.63, 3.8) is 0 Å². The lowest BCUT2D eigenvalue weighted by Gasteiger charge is -2.13. The Hall–Kier alpha value is -3.06. The zero-order chi connectivity index (χ0) is 18.4. The van der Waals surface area contributed by atoms with Gasteiger partial charge in [-0.25, -0.2) is 4.98 Å². The second-order valence-corrected chi connectivity index (χ2v) is 5.39. The van der Waals surface area contributed by atoms with Crippen molar-refractivity contribution >= 4 is 16.7 Å². The fourth-order valence-electron chi connectivity index (χ4n) is 2.40. The molecule has 0 spiro atoms. The van der Waals surface area contributed by atoms with Gasteiger partial charge in [-0.15, -0.1) is 0 Å². The monoisotopic (exact) mass is 355 g/mol. The lowest BCUT2D eigenvalue weighted by Crippen LogP contribution is -2.06. The summed E-state index contributed by atoms with van der Waals surface area (Å²) in [5, 5.41) is 3.07. The fourth-order valence-corrected chi connectivity index (χ4v) is 2.40. The summed E-state index contributed by atoms with van der Waals surface area (Å²) in [5.41, 5.74) is 2.26. The summed E-state index contributed by atoms with van der Waals surface area (Å²) in [6, 6.07) is 11.2. The highest BCUT2D eigenvalue weighted by Gasteiger charge is 2.13. The van der Waals surface area contributed by atoms with Gasteiger partial charge in [0.15, 0.2) is 11.5 Å². The molecule has 0 amide bonds. The van der Waals surface area contributed by atoms with Gasteiger partial charge in [0, 0.05) is 38.2 Å². The van der Waals surface area contributed by atoms with E-state index >= 15 is 0 Å². The molecule has 0 fully saturated rings. The second-order valence-electron chi connectivity index (χ2n) is 5.39. The average Bonchev–Trinajstić information content (AvgIpc) is 2.68. The van der Waals surface area contributed by atoms with Crippen molar-refractivity contribution in [3.05, 3.63) is 42.6 Å². The van der Waals surface area contributed by atoms with Crippen molar-refractivity contribution in [1.82, 2.24) is 9.97 Å². The van der Waals surface area contributed by atoms with E-state index in [1.807, 2.05) is 31.3 Å². The number of fused-ring (bicyclic) bond motifs is 1. The Kier molecular flexibility index (Phi) is 5.70. The molecule has 3 aromatic rings. The first kappa shape index (κ1) is 17.8. The molecule has 0 atom stereocenters. The third-order valence-corrected chi connectivity index (χ3v) is 3.72. The molecule has 136 valence electrons. The molecule has 0 saturated heterocycles. The predicted molar refractivity (Wildman–Crippen MR) is 99.5 cm³/mol. The van der Waals surface area contributed by atoms with Crippen LogP contribution in [-0.2, 0) is 4.74 Å². The average molecular weight is 355 g/mol. The van der Waals surface area contributed by atoms with Gasteiger partial charge in [-0.3, -0.25) is 4.98 Å². The SMILES string of the molecule is CNc1ccc(Oc2ccnc3cc(OCCOC)c(OC)nc23)cc1. The molecule has 7 heteroatoms. The zero-order valence-corrected chi connectivity index (χ0v) is 15.0. The Bertz CT molecular complexity index is 869. The topological polar surface area (TPSA) is 74.7 Å². The Morgan fingerprint density at radius 1 is 1.00 bits per heavy atom. The van der Waals surface area contributed by atoms with E-state index < -0.39 is 0 Å². The van der Waals surface area contributed by atoms with Crippen LogP contribution in [0.5, 0.6) is 23.1 Å². The summed E-state index contributed by atoms with van der Waals surface area (Å²) >= 11 is 0. The summed E-state index contributed by atoms with van der Waals surface area (Å²) in [5.74, 6) is 2.18. The lowest BCUT2D eigenvalue weighted by atomic mass is 10.2. The maximum atomic E-state index is 5.98. The van der Waals surface area contributed by atoms with E-state index in [9.17, 15) is 0 Å². The normalized spacial score (nSPS) is 10.6. The number of hydrogen-bond acceptors (Lipinski definition) is 7. The van der Waals surface area contributed by atoms with Crippen LogP contribution in [0, 0.1) is 0 Å². The Morgan fingerprint density at radius 2 is 1.81 bits per heavy atom. The van der Waals surface area contributed by atoms with Gasteiger partial charge in [-0.2, -0.15) is 0 Å². The van der Waals surface area contributed by atoms with Crippen LogP contribution in [0.3, 0.4) is 0 Å². The van der Waals surface area contributed by atoms with Crippen LogP contribution in [0.1, 0.15) is 0 Å². The van der Waals surface area contributed by atoms with E-state index in [4.69, 9.17) is 18.9 Å². The first-order chi connectivity index (χ1) is 12.7. The molecule has 0 bridgehead atoms. The molecule has 1 N–H and O–H groups in total. The summed E-state index contributed by atoms with van der Waals surface area (Å²) in [6.45, 7) is 0.869. The largest absolute Gasteiger partial charge is 0.485 e. The van der Waals surface area contributed by atoms with E-state index in [2.05, 4.69) is 15.3 Å². The Labute approximate surface area is 151 Å². The zero-order valence-electron chi connectivity index (χ0n) is 15.0. The van der Waals surface area contributed by atoms with Crippen molar-refractivity contribution in [2.75, 3.05) is 39.8 Å². The number of rotatable bonds is 8. The van der Waals surface area contributed by atoms with Gasteiger partial charge >= 0.3 is 0 Å². The number of nitrogens with zero attached hydrogens (tertiary/aromatic N) is 2. The van der Waals surface area contributed by atoms with E-state index in [1.54, 1.807) is 32.5 Å². The number of methoxy groups -OCH3 is 2. The molecule has 0 saturated carbocycles. The number of ether oxygens (including phenoxy) is 4. The third kappa shape index (κ3) is 3.94. The minimum absolute atomic E-state index is 0.372. The van der Waals surface area contributed by atoms with E-state index in [1.165, 1.54) is 0 Å². The van der Waals surface area contributed by atoms with Gasteiger partial charge in [0.2, 0.25) is 0 Å². The highest BCUT2D eigenvalue weighted by atomic mass is 16.5. The first-order valence-corrected chi connectivity index (χ1v) is 8.16. The molecule has 3 rings (SSSR count). The summed E-state index contributed by atoms with van der Waals surface area (Å²) in [4.78, 5) is 8.87. The Balaban J connectivity index is 1.92. The lowest BCUT2D eigenvalue weighted by molar-refractivity contribution is 0.144. The van der Waals surface area contributed by atoms with Crippen molar-refractivity contribution in [2.24, 2.45) is 0 Å². The van der Waals surface area contributed by atoms with Crippen LogP contribution in [0.25, 0.3) is 11.0 Å². The van der Waals surface area contributed by atoms with Crippen LogP contribution in [0.2, 0.25) is 0 Å². The summed E-state index contributed by atoms with van der Waals surface area (Å²) in [7, 11) is 5.03. The quantitative estimate of drug-likeness (QED) is 0.620. The summed E-state index contributed by atoms with van der Waals surface area (Å²) in [6.07, 6.45) is 1.67. The van der Waals surface area contributed by atoms with Crippen LogP contribution >= 0.6 is 0 Å². The third-order valence-electron chi connectivity index (χ3n) is 3.72. The minimum atomic E-state index is 0.372. The fraction of sp³-hybridized carbons (Fsp3) is 0.263. The number of anilines is 1. The van der Waals surface area contributed by atoms with Gasteiger partial charge < -0.3 is 24.3 Å². The van der Waals surface area contributed by atoms with E-state index in [0.29, 0.717) is 47.4 Å². The highest BCUT2D eigenvalue weighted by molar-refractivity contribution is 5.83. The molecular weight excluding hydrogens is 334 g/mol. The Morgan fingerprint density at radius 3 is 2.50 bits per heavy atom. The number of aromatic nitrogens is 2. The maximum Gasteiger partial charge on any atom is 0.257 e. The van der Waals surface area contributed by atoms with Crippen LogP contribution in [0.4, 0.5) is 5.69 Å². The van der Waals surface area contributed by atoms with Gasteiger partial charge in [0.05, 0.1) is 19.2 Å². The standard InChI is InChI=1S/C19H21N3O4/c1-20-13-4-6-14(7-5-13)26-16-8-9-21-15-12-17(25-11-10-23-2)19(24-3)22-18(15)16/h4-9,12,20H,10-11H2,1-3H3. The van der Waals surface area contributed by atoms with Crippen molar-refractivity contribution in [2.45, 2.75) is 0 Å². The minimum Gasteiger partial charge on any atom is -0.485 e. The second kappa shape index (κ2) is 8.35. The van der Waals surface area contributed by atoms with Crippen LogP contribution in [0.15, 0.2) is 42.6 Å². The smallest absolute Gasteiger partial charge is 0.257 e. The van der Waals surface area contributed by atoms with Gasteiger partial charge in [-0.1, -0.05) is 0 Å². The van der Waals surface area contributed by atoms with Gasteiger partial charge in [-0.05, 0) is 24.3 Å². The van der Waals surface area contributed by atoms with Crippen molar-refractivity contribution < 1.29 is 18.9 Å². The molecule has 2 aromatic heterocycles. The number of pyridine rings is 2.